The van der Waals surface area contributed by atoms with E-state index < -0.39 is 18.1 Å². The van der Waals surface area contributed by atoms with E-state index in [4.69, 9.17) is 15.2 Å². The van der Waals surface area contributed by atoms with E-state index in [1.807, 2.05) is 0 Å². The number of halogens is 1. The van der Waals surface area contributed by atoms with Crippen LogP contribution in [0.2, 0.25) is 0 Å². The Balaban J connectivity index is 1.82. The highest BCUT2D eigenvalue weighted by molar-refractivity contribution is 5.95. The van der Waals surface area contributed by atoms with Crippen molar-refractivity contribution in [3.05, 3.63) is 35.7 Å². The molecule has 0 aliphatic carbocycles. The van der Waals surface area contributed by atoms with Gasteiger partial charge in [0.2, 0.25) is 0 Å². The molecule has 2 amide bonds. The van der Waals surface area contributed by atoms with Gasteiger partial charge in [-0.2, -0.15) is 0 Å². The third-order valence-electron chi connectivity index (χ3n) is 4.41. The van der Waals surface area contributed by atoms with Gasteiger partial charge in [-0.25, -0.2) is 9.07 Å². The molecule has 2 N–H and O–H groups in total. The highest BCUT2D eigenvalue weighted by Crippen LogP contribution is 2.28. The first-order valence-electron chi connectivity index (χ1n) is 8.29. The Morgan fingerprint density at radius 2 is 1.93 bits per heavy atom. The molecule has 2 atom stereocenters. The van der Waals surface area contributed by atoms with Crippen LogP contribution in [0.3, 0.4) is 0 Å². The number of carbonyl (C=O) groups excluding carboxylic acids is 2. The summed E-state index contributed by atoms with van der Waals surface area (Å²) in [4.78, 5) is 25.6. The van der Waals surface area contributed by atoms with E-state index in [-0.39, 0.29) is 31.1 Å². The van der Waals surface area contributed by atoms with Crippen LogP contribution in [0, 0.1) is 0 Å². The number of ether oxygens (including phenoxy) is 2. The van der Waals surface area contributed by atoms with Gasteiger partial charge in [-0.05, 0) is 12.1 Å². The average molecular weight is 377 g/mol. The lowest BCUT2D eigenvalue weighted by molar-refractivity contribution is 0.0713. The number of alkyl halides is 1. The first-order chi connectivity index (χ1) is 12.9. The molecule has 2 aromatic rings. The Hall–Kier alpha value is -3.17. The number of rotatable bonds is 6. The van der Waals surface area contributed by atoms with Crippen molar-refractivity contribution in [2.24, 2.45) is 5.73 Å². The fourth-order valence-corrected chi connectivity index (χ4v) is 3.09. The molecule has 2 unspecified atom stereocenters. The van der Waals surface area contributed by atoms with Crippen LogP contribution in [0.15, 0.2) is 24.4 Å². The predicted octanol–water partition coefficient (Wildman–Crippen LogP) is 0.647. The van der Waals surface area contributed by atoms with Crippen molar-refractivity contribution in [3.8, 4) is 11.5 Å². The lowest BCUT2D eigenvalue weighted by Gasteiger charge is -2.24. The van der Waals surface area contributed by atoms with Crippen LogP contribution in [0.4, 0.5) is 4.39 Å². The molecule has 27 heavy (non-hydrogen) atoms. The molecule has 3 rings (SSSR count). The Labute approximate surface area is 154 Å². The first-order valence-corrected chi connectivity index (χ1v) is 8.29. The summed E-state index contributed by atoms with van der Waals surface area (Å²) in [7, 11) is 2.97. The van der Waals surface area contributed by atoms with Gasteiger partial charge in [0.1, 0.15) is 17.7 Å². The summed E-state index contributed by atoms with van der Waals surface area (Å²) >= 11 is 0. The van der Waals surface area contributed by atoms with Crippen molar-refractivity contribution >= 4 is 11.8 Å². The van der Waals surface area contributed by atoms with Crippen molar-refractivity contribution < 1.29 is 23.5 Å². The molecule has 0 saturated carbocycles. The summed E-state index contributed by atoms with van der Waals surface area (Å²) in [5, 5.41) is 7.47. The standard InChI is InChI=1S/C17H20FN5O4/c1-26-13-3-10(4-14(6-13)27-2)17(25)23-7-11(18)5-12(23)8-22-9-15(16(19)24)20-21-22/h3-4,6,9,11-12H,5,7-8H2,1-2H3,(H2,19,24). The highest BCUT2D eigenvalue weighted by atomic mass is 19.1. The Bertz CT molecular complexity index is 833. The smallest absolute Gasteiger partial charge is 0.270 e. The number of aromatic nitrogens is 3. The average Bonchev–Trinajstić information content (AvgIpc) is 3.27. The van der Waals surface area contributed by atoms with Gasteiger partial charge in [0, 0.05) is 18.1 Å². The van der Waals surface area contributed by atoms with Crippen LogP contribution in [0.25, 0.3) is 0 Å². The lowest BCUT2D eigenvalue weighted by atomic mass is 10.1. The van der Waals surface area contributed by atoms with E-state index in [1.54, 1.807) is 18.2 Å². The summed E-state index contributed by atoms with van der Waals surface area (Å²) in [6, 6.07) is 4.37. The summed E-state index contributed by atoms with van der Waals surface area (Å²) in [6.07, 6.45) is 0.398. The zero-order valence-corrected chi connectivity index (χ0v) is 15.0. The number of hydrogen-bond donors (Lipinski definition) is 1. The Morgan fingerprint density at radius 1 is 1.26 bits per heavy atom. The number of carbonyl (C=O) groups is 2. The molecule has 144 valence electrons. The predicted molar refractivity (Wildman–Crippen MR) is 92.4 cm³/mol. The first kappa shape index (κ1) is 18.6. The fraction of sp³-hybridized carbons (Fsp3) is 0.412. The van der Waals surface area contributed by atoms with E-state index in [2.05, 4.69) is 10.3 Å². The normalized spacial score (nSPS) is 19.1. The molecule has 1 aromatic heterocycles. The molecular weight excluding hydrogens is 357 g/mol. The van der Waals surface area contributed by atoms with E-state index in [0.717, 1.165) is 0 Å². The van der Waals surface area contributed by atoms with E-state index >= 15 is 0 Å². The van der Waals surface area contributed by atoms with Gasteiger partial charge in [0.25, 0.3) is 11.8 Å². The zero-order valence-electron chi connectivity index (χ0n) is 15.0. The summed E-state index contributed by atoms with van der Waals surface area (Å²) < 4.78 is 25.8. The van der Waals surface area contributed by atoms with Crippen LogP contribution >= 0.6 is 0 Å². The van der Waals surface area contributed by atoms with Gasteiger partial charge in [-0.1, -0.05) is 5.21 Å². The quantitative estimate of drug-likeness (QED) is 0.791. The van der Waals surface area contributed by atoms with E-state index in [0.29, 0.717) is 17.1 Å². The third-order valence-corrected chi connectivity index (χ3v) is 4.41. The van der Waals surface area contributed by atoms with Gasteiger partial charge in [-0.15, -0.1) is 5.10 Å². The maximum absolute atomic E-state index is 14.1. The third kappa shape index (κ3) is 3.99. The zero-order chi connectivity index (χ0) is 19.6. The van der Waals surface area contributed by atoms with Gasteiger partial charge >= 0.3 is 0 Å². The van der Waals surface area contributed by atoms with Crippen LogP contribution in [-0.2, 0) is 6.54 Å². The maximum Gasteiger partial charge on any atom is 0.270 e. The second kappa shape index (κ2) is 7.60. The number of likely N-dealkylation sites (tertiary alicyclic amines) is 1. The van der Waals surface area contributed by atoms with Crippen LogP contribution < -0.4 is 15.2 Å². The molecule has 1 saturated heterocycles. The number of nitrogens with zero attached hydrogens (tertiary/aromatic N) is 4. The molecule has 0 bridgehead atoms. The summed E-state index contributed by atoms with van der Waals surface area (Å²) in [5.74, 6) is -0.111. The summed E-state index contributed by atoms with van der Waals surface area (Å²) in [5.41, 5.74) is 5.51. The van der Waals surface area contributed by atoms with Crippen molar-refractivity contribution in [1.29, 1.82) is 0 Å². The number of amides is 2. The summed E-state index contributed by atoms with van der Waals surface area (Å²) in [6.45, 7) is 0.175. The second-order valence-electron chi connectivity index (χ2n) is 6.24. The van der Waals surface area contributed by atoms with E-state index in [1.165, 1.54) is 30.0 Å². The topological polar surface area (TPSA) is 113 Å². The monoisotopic (exact) mass is 377 g/mol. The molecule has 0 radical (unpaired) electrons. The van der Waals surface area contributed by atoms with Crippen molar-refractivity contribution in [3.63, 3.8) is 0 Å². The van der Waals surface area contributed by atoms with Crippen LogP contribution in [0.5, 0.6) is 11.5 Å². The minimum absolute atomic E-state index is 0.0141. The Morgan fingerprint density at radius 3 is 2.48 bits per heavy atom. The lowest BCUT2D eigenvalue weighted by Crippen LogP contribution is -2.38. The van der Waals surface area contributed by atoms with Gasteiger partial charge < -0.3 is 20.1 Å². The maximum atomic E-state index is 14.1. The molecule has 1 fully saturated rings. The number of hydrogen-bond acceptors (Lipinski definition) is 6. The number of nitrogens with two attached hydrogens (primary N) is 1. The van der Waals surface area contributed by atoms with Crippen molar-refractivity contribution in [2.75, 3.05) is 20.8 Å². The van der Waals surface area contributed by atoms with Crippen LogP contribution in [0.1, 0.15) is 27.3 Å². The highest BCUT2D eigenvalue weighted by Gasteiger charge is 2.36. The molecule has 2 heterocycles. The SMILES string of the molecule is COc1cc(OC)cc(C(=O)N2CC(F)CC2Cn2cc(C(N)=O)nn2)c1. The minimum atomic E-state index is -1.15. The van der Waals surface area contributed by atoms with Crippen molar-refractivity contribution in [2.45, 2.75) is 25.2 Å². The Kier molecular flexibility index (Phi) is 5.24. The molecule has 1 aromatic carbocycles. The van der Waals surface area contributed by atoms with Crippen molar-refractivity contribution in [1.82, 2.24) is 19.9 Å². The van der Waals surface area contributed by atoms with Gasteiger partial charge in [0.15, 0.2) is 5.69 Å². The fourth-order valence-electron chi connectivity index (χ4n) is 3.09. The largest absolute Gasteiger partial charge is 0.497 e. The number of methoxy groups -OCH3 is 2. The number of benzene rings is 1. The van der Waals surface area contributed by atoms with E-state index in [9.17, 15) is 14.0 Å². The second-order valence-corrected chi connectivity index (χ2v) is 6.24. The van der Waals surface area contributed by atoms with Crippen LogP contribution in [-0.4, -0.2) is 64.7 Å². The van der Waals surface area contributed by atoms with Gasteiger partial charge in [-0.3, -0.25) is 9.59 Å². The number of primary amides is 1. The van der Waals surface area contributed by atoms with Gasteiger partial charge in [0.05, 0.1) is 39.5 Å². The molecule has 10 heteroatoms. The molecule has 0 spiro atoms. The minimum Gasteiger partial charge on any atom is -0.497 e. The molecule has 1 aliphatic heterocycles. The molecular formula is C17H20FN5O4. The molecule has 1 aliphatic rings. The molecule has 9 nitrogen and oxygen atoms in total.